The lowest BCUT2D eigenvalue weighted by Crippen LogP contribution is -2.22. The minimum absolute atomic E-state index is 0.404. The highest BCUT2D eigenvalue weighted by Gasteiger charge is 2.10. The third-order valence-electron chi connectivity index (χ3n) is 3.07. The maximum atomic E-state index is 5.16. The average Bonchev–Trinajstić information content (AvgIpc) is 2.34. The molecule has 0 radical (unpaired) electrons. The summed E-state index contributed by atoms with van der Waals surface area (Å²) in [5.41, 5.74) is 2.75. The Hall–Kier alpha value is -0.860. The fourth-order valence-corrected chi connectivity index (χ4v) is 1.98. The summed E-state index contributed by atoms with van der Waals surface area (Å²) in [6.45, 7) is 8.37. The van der Waals surface area contributed by atoms with E-state index in [-0.39, 0.29) is 0 Å². The van der Waals surface area contributed by atoms with E-state index >= 15 is 0 Å². The van der Waals surface area contributed by atoms with Gasteiger partial charge in [-0.15, -0.1) is 0 Å². The van der Waals surface area contributed by atoms with Crippen molar-refractivity contribution in [1.82, 2.24) is 5.32 Å². The van der Waals surface area contributed by atoms with Gasteiger partial charge in [-0.2, -0.15) is 0 Å². The predicted octanol–water partition coefficient (Wildman–Crippen LogP) is 3.50. The summed E-state index contributed by atoms with van der Waals surface area (Å²) in [7, 11) is 1.75. The Labute approximate surface area is 105 Å². The molecule has 1 rings (SSSR count). The molecule has 1 aromatic rings. The molecule has 1 atom stereocenters. The Balaban J connectivity index is 2.72. The molecule has 0 fully saturated rings. The molecule has 0 heterocycles. The van der Waals surface area contributed by atoms with Crippen molar-refractivity contribution in [2.45, 2.75) is 39.2 Å². The van der Waals surface area contributed by atoms with Gasteiger partial charge in [0.2, 0.25) is 0 Å². The van der Waals surface area contributed by atoms with E-state index in [2.05, 4.69) is 50.4 Å². The highest BCUT2D eigenvalue weighted by atomic mass is 16.5. The van der Waals surface area contributed by atoms with Gasteiger partial charge in [-0.25, -0.2) is 0 Å². The standard InChI is InChI=1S/C15H25NO/c1-5-16-15(10-11-17-4)14-8-6-13(7-9-14)12(2)3/h6-9,12,15-16H,5,10-11H2,1-4H3. The van der Waals surface area contributed by atoms with Crippen LogP contribution in [0.25, 0.3) is 0 Å². The Morgan fingerprint density at radius 1 is 1.12 bits per heavy atom. The zero-order valence-corrected chi connectivity index (χ0v) is 11.5. The second-order valence-corrected chi connectivity index (χ2v) is 4.71. The molecule has 0 amide bonds. The van der Waals surface area contributed by atoms with Crippen LogP contribution in [0.3, 0.4) is 0 Å². The normalized spacial score (nSPS) is 13.0. The summed E-state index contributed by atoms with van der Waals surface area (Å²) in [4.78, 5) is 0. The van der Waals surface area contributed by atoms with E-state index in [4.69, 9.17) is 4.74 Å². The molecule has 0 aliphatic heterocycles. The van der Waals surface area contributed by atoms with Gasteiger partial charge < -0.3 is 10.1 Å². The SMILES string of the molecule is CCNC(CCOC)c1ccc(C(C)C)cc1. The van der Waals surface area contributed by atoms with Crippen LogP contribution in [0.15, 0.2) is 24.3 Å². The summed E-state index contributed by atoms with van der Waals surface area (Å²) >= 11 is 0. The summed E-state index contributed by atoms with van der Waals surface area (Å²) in [6, 6.07) is 9.34. The van der Waals surface area contributed by atoms with Crippen LogP contribution in [0.4, 0.5) is 0 Å². The lowest BCUT2D eigenvalue weighted by molar-refractivity contribution is 0.183. The number of nitrogens with one attached hydrogen (secondary N) is 1. The molecule has 1 unspecified atom stereocenters. The van der Waals surface area contributed by atoms with Gasteiger partial charge in [-0.3, -0.25) is 0 Å². The third-order valence-corrected chi connectivity index (χ3v) is 3.07. The summed E-state index contributed by atoms with van der Waals surface area (Å²) < 4.78 is 5.16. The van der Waals surface area contributed by atoms with Crippen molar-refractivity contribution in [2.75, 3.05) is 20.3 Å². The second kappa shape index (κ2) is 7.46. The van der Waals surface area contributed by atoms with Crippen molar-refractivity contribution in [3.63, 3.8) is 0 Å². The molecule has 17 heavy (non-hydrogen) atoms. The Kier molecular flexibility index (Phi) is 6.23. The lowest BCUT2D eigenvalue weighted by Gasteiger charge is -2.18. The molecule has 0 saturated carbocycles. The van der Waals surface area contributed by atoms with Crippen LogP contribution in [0.5, 0.6) is 0 Å². The van der Waals surface area contributed by atoms with Gasteiger partial charge in [0.25, 0.3) is 0 Å². The van der Waals surface area contributed by atoms with E-state index in [1.165, 1.54) is 11.1 Å². The zero-order valence-electron chi connectivity index (χ0n) is 11.5. The van der Waals surface area contributed by atoms with Crippen LogP contribution in [0.2, 0.25) is 0 Å². The first-order chi connectivity index (χ1) is 8.19. The molecule has 0 aliphatic carbocycles. The van der Waals surface area contributed by atoms with Gasteiger partial charge in [0.1, 0.15) is 0 Å². The third kappa shape index (κ3) is 4.49. The van der Waals surface area contributed by atoms with Gasteiger partial charge in [-0.1, -0.05) is 45.0 Å². The molecule has 1 aromatic carbocycles. The molecule has 2 heteroatoms. The first kappa shape index (κ1) is 14.2. The summed E-state index contributed by atoms with van der Waals surface area (Å²) in [6.07, 6.45) is 1.02. The topological polar surface area (TPSA) is 21.3 Å². The molecular formula is C15H25NO. The van der Waals surface area contributed by atoms with E-state index in [1.807, 2.05) is 0 Å². The van der Waals surface area contributed by atoms with Gasteiger partial charge >= 0.3 is 0 Å². The lowest BCUT2D eigenvalue weighted by atomic mass is 9.98. The number of benzene rings is 1. The van der Waals surface area contributed by atoms with Crippen molar-refractivity contribution in [1.29, 1.82) is 0 Å². The predicted molar refractivity (Wildman–Crippen MR) is 73.4 cm³/mol. The zero-order chi connectivity index (χ0) is 12.7. The maximum Gasteiger partial charge on any atom is 0.0480 e. The largest absolute Gasteiger partial charge is 0.385 e. The first-order valence-corrected chi connectivity index (χ1v) is 6.51. The van der Waals surface area contributed by atoms with E-state index < -0.39 is 0 Å². The second-order valence-electron chi connectivity index (χ2n) is 4.71. The van der Waals surface area contributed by atoms with E-state index in [9.17, 15) is 0 Å². The molecular weight excluding hydrogens is 210 g/mol. The van der Waals surface area contributed by atoms with Crippen molar-refractivity contribution in [2.24, 2.45) is 0 Å². The van der Waals surface area contributed by atoms with Crippen molar-refractivity contribution < 1.29 is 4.74 Å². The minimum atomic E-state index is 0.404. The molecule has 0 saturated heterocycles. The number of hydrogen-bond donors (Lipinski definition) is 1. The minimum Gasteiger partial charge on any atom is -0.385 e. The van der Waals surface area contributed by atoms with E-state index in [0.29, 0.717) is 12.0 Å². The van der Waals surface area contributed by atoms with Crippen molar-refractivity contribution in [3.8, 4) is 0 Å². The van der Waals surface area contributed by atoms with Gasteiger partial charge in [0, 0.05) is 19.8 Å². The first-order valence-electron chi connectivity index (χ1n) is 6.51. The highest BCUT2D eigenvalue weighted by Crippen LogP contribution is 2.20. The van der Waals surface area contributed by atoms with E-state index in [1.54, 1.807) is 7.11 Å². The fraction of sp³-hybridized carbons (Fsp3) is 0.600. The molecule has 2 nitrogen and oxygen atoms in total. The van der Waals surface area contributed by atoms with E-state index in [0.717, 1.165) is 19.6 Å². The van der Waals surface area contributed by atoms with Crippen LogP contribution >= 0.6 is 0 Å². The fourth-order valence-electron chi connectivity index (χ4n) is 1.98. The summed E-state index contributed by atoms with van der Waals surface area (Å²) in [5, 5.41) is 3.50. The molecule has 0 aromatic heterocycles. The number of rotatable bonds is 7. The number of hydrogen-bond acceptors (Lipinski definition) is 2. The number of methoxy groups -OCH3 is 1. The summed E-state index contributed by atoms with van der Waals surface area (Å²) in [5.74, 6) is 0.598. The smallest absolute Gasteiger partial charge is 0.0480 e. The molecule has 0 spiro atoms. The van der Waals surface area contributed by atoms with Crippen LogP contribution in [0, 0.1) is 0 Å². The monoisotopic (exact) mass is 235 g/mol. The molecule has 1 N–H and O–H groups in total. The van der Waals surface area contributed by atoms with Crippen LogP contribution in [0.1, 0.15) is 50.3 Å². The Bertz CT molecular complexity index is 305. The van der Waals surface area contributed by atoms with Gasteiger partial charge in [0.05, 0.1) is 0 Å². The van der Waals surface area contributed by atoms with Gasteiger partial charge in [-0.05, 0) is 30.0 Å². The van der Waals surface area contributed by atoms with Gasteiger partial charge in [0.15, 0.2) is 0 Å². The van der Waals surface area contributed by atoms with Crippen LogP contribution in [-0.2, 0) is 4.74 Å². The number of ether oxygens (including phenoxy) is 1. The average molecular weight is 235 g/mol. The maximum absolute atomic E-state index is 5.16. The molecule has 96 valence electrons. The molecule has 0 aliphatic rings. The van der Waals surface area contributed by atoms with Crippen molar-refractivity contribution >= 4 is 0 Å². The Morgan fingerprint density at radius 3 is 2.18 bits per heavy atom. The van der Waals surface area contributed by atoms with Crippen LogP contribution in [-0.4, -0.2) is 20.3 Å². The van der Waals surface area contributed by atoms with Crippen LogP contribution < -0.4 is 5.32 Å². The highest BCUT2D eigenvalue weighted by molar-refractivity contribution is 5.26. The molecule has 0 bridgehead atoms. The van der Waals surface area contributed by atoms with Crippen molar-refractivity contribution in [3.05, 3.63) is 35.4 Å². The quantitative estimate of drug-likeness (QED) is 0.781. The Morgan fingerprint density at radius 2 is 1.71 bits per heavy atom.